The predicted molar refractivity (Wildman–Crippen MR) is 81.7 cm³/mol. The molecule has 1 aliphatic carbocycles. The Balaban J connectivity index is 1.74. The Morgan fingerprint density at radius 2 is 1.90 bits per heavy atom. The van der Waals surface area contributed by atoms with Crippen LogP contribution >= 0.6 is 0 Å². The molecule has 106 valence electrons. The maximum Gasteiger partial charge on any atom is 0.251 e. The monoisotopic (exact) mass is 270 g/mol. The summed E-state index contributed by atoms with van der Waals surface area (Å²) in [7, 11) is 0. The standard InChI is InChI=1S/C17H22N2O/c1-16(2)14(17(16,3)4)10-19-15(20)12-6-5-7-13-11(12)8-9-18-13/h5-9,14,18H,10H2,1-4H3,(H,19,20). The zero-order valence-corrected chi connectivity index (χ0v) is 12.6. The molecule has 1 heterocycles. The largest absolute Gasteiger partial charge is 0.361 e. The Labute approximate surface area is 119 Å². The summed E-state index contributed by atoms with van der Waals surface area (Å²) in [4.78, 5) is 15.5. The van der Waals surface area contributed by atoms with Gasteiger partial charge in [-0.2, -0.15) is 0 Å². The first kappa shape index (κ1) is 13.2. The number of hydrogen-bond donors (Lipinski definition) is 2. The predicted octanol–water partition coefficient (Wildman–Crippen LogP) is 3.58. The first-order valence-corrected chi connectivity index (χ1v) is 7.20. The maximum absolute atomic E-state index is 12.4. The first-order chi connectivity index (χ1) is 9.35. The smallest absolute Gasteiger partial charge is 0.251 e. The van der Waals surface area contributed by atoms with Gasteiger partial charge in [-0.3, -0.25) is 4.79 Å². The van der Waals surface area contributed by atoms with Crippen LogP contribution in [0.15, 0.2) is 30.5 Å². The van der Waals surface area contributed by atoms with Gasteiger partial charge in [0, 0.05) is 29.2 Å². The fourth-order valence-corrected chi connectivity index (χ4v) is 3.42. The van der Waals surface area contributed by atoms with Gasteiger partial charge in [-0.15, -0.1) is 0 Å². The van der Waals surface area contributed by atoms with Crippen LogP contribution in [-0.4, -0.2) is 17.4 Å². The second kappa shape index (κ2) is 4.11. The minimum absolute atomic E-state index is 0.0219. The molecule has 1 aliphatic rings. The van der Waals surface area contributed by atoms with Crippen LogP contribution in [0.3, 0.4) is 0 Å². The summed E-state index contributed by atoms with van der Waals surface area (Å²) >= 11 is 0. The van der Waals surface area contributed by atoms with Crippen molar-refractivity contribution in [1.82, 2.24) is 10.3 Å². The second-order valence-electron chi connectivity index (χ2n) is 6.95. The van der Waals surface area contributed by atoms with Gasteiger partial charge >= 0.3 is 0 Å². The molecule has 0 atom stereocenters. The summed E-state index contributed by atoms with van der Waals surface area (Å²) in [5.74, 6) is 0.568. The zero-order chi connectivity index (χ0) is 14.5. The molecule has 3 heteroatoms. The third kappa shape index (κ3) is 1.76. The van der Waals surface area contributed by atoms with Crippen LogP contribution < -0.4 is 5.32 Å². The Hall–Kier alpha value is -1.77. The van der Waals surface area contributed by atoms with Crippen LogP contribution in [-0.2, 0) is 0 Å². The number of rotatable bonds is 3. The van der Waals surface area contributed by atoms with Crippen molar-refractivity contribution in [2.45, 2.75) is 27.7 Å². The van der Waals surface area contributed by atoms with Crippen LogP contribution in [0.1, 0.15) is 38.1 Å². The van der Waals surface area contributed by atoms with Gasteiger partial charge in [0.15, 0.2) is 0 Å². The summed E-state index contributed by atoms with van der Waals surface area (Å²) in [6.45, 7) is 9.85. The summed E-state index contributed by atoms with van der Waals surface area (Å²) in [5.41, 5.74) is 2.37. The molecular weight excluding hydrogens is 248 g/mol. The van der Waals surface area contributed by atoms with Crippen molar-refractivity contribution in [2.24, 2.45) is 16.7 Å². The molecule has 1 aromatic heterocycles. The van der Waals surface area contributed by atoms with Crippen molar-refractivity contribution >= 4 is 16.8 Å². The summed E-state index contributed by atoms with van der Waals surface area (Å²) in [6.07, 6.45) is 1.87. The fraction of sp³-hybridized carbons (Fsp3) is 0.471. The van der Waals surface area contributed by atoms with E-state index in [1.165, 1.54) is 0 Å². The minimum Gasteiger partial charge on any atom is -0.361 e. The first-order valence-electron chi connectivity index (χ1n) is 7.20. The molecule has 1 saturated carbocycles. The average molecular weight is 270 g/mol. The van der Waals surface area contributed by atoms with Crippen molar-refractivity contribution in [3.63, 3.8) is 0 Å². The second-order valence-corrected chi connectivity index (χ2v) is 6.95. The lowest BCUT2D eigenvalue weighted by atomic mass is 10.0. The van der Waals surface area contributed by atoms with Crippen molar-refractivity contribution in [3.05, 3.63) is 36.0 Å². The lowest BCUT2D eigenvalue weighted by molar-refractivity contribution is 0.0951. The SMILES string of the molecule is CC1(C)C(CNC(=O)c2cccc3[nH]ccc23)C1(C)C. The number of nitrogens with one attached hydrogen (secondary N) is 2. The highest BCUT2D eigenvalue weighted by molar-refractivity contribution is 6.06. The zero-order valence-electron chi connectivity index (χ0n) is 12.6. The van der Waals surface area contributed by atoms with Gasteiger partial charge < -0.3 is 10.3 Å². The van der Waals surface area contributed by atoms with Crippen molar-refractivity contribution in [2.75, 3.05) is 6.54 Å². The van der Waals surface area contributed by atoms with Gasteiger partial charge in [-0.25, -0.2) is 0 Å². The Morgan fingerprint density at radius 3 is 2.55 bits per heavy atom. The molecule has 3 nitrogen and oxygen atoms in total. The number of hydrogen-bond acceptors (Lipinski definition) is 1. The molecule has 2 aromatic rings. The van der Waals surface area contributed by atoms with Crippen LogP contribution in [0.2, 0.25) is 0 Å². The normalized spacial score (nSPS) is 20.0. The fourth-order valence-electron chi connectivity index (χ4n) is 3.42. The number of fused-ring (bicyclic) bond motifs is 1. The molecule has 1 fully saturated rings. The van der Waals surface area contributed by atoms with Crippen LogP contribution in [0.25, 0.3) is 10.9 Å². The van der Waals surface area contributed by atoms with E-state index in [1.807, 2.05) is 30.5 Å². The number of benzene rings is 1. The quantitative estimate of drug-likeness (QED) is 0.879. The summed E-state index contributed by atoms with van der Waals surface area (Å²) in [6, 6.07) is 7.74. The Bertz CT molecular complexity index is 652. The van der Waals surface area contributed by atoms with Gasteiger partial charge in [0.2, 0.25) is 0 Å². The number of aromatic amines is 1. The highest BCUT2D eigenvalue weighted by Gasteiger charge is 2.64. The average Bonchev–Trinajstić information content (AvgIpc) is 2.76. The van der Waals surface area contributed by atoms with Gasteiger partial charge in [-0.1, -0.05) is 33.8 Å². The number of carbonyl (C=O) groups is 1. The van der Waals surface area contributed by atoms with Crippen molar-refractivity contribution in [1.29, 1.82) is 0 Å². The van der Waals surface area contributed by atoms with E-state index in [0.29, 0.717) is 16.7 Å². The third-order valence-electron chi connectivity index (χ3n) is 5.63. The minimum atomic E-state index is 0.0219. The molecule has 2 N–H and O–H groups in total. The number of aromatic nitrogens is 1. The highest BCUT2D eigenvalue weighted by atomic mass is 16.1. The molecule has 0 radical (unpaired) electrons. The maximum atomic E-state index is 12.4. The molecule has 1 aromatic carbocycles. The van der Waals surface area contributed by atoms with Gasteiger partial charge in [0.25, 0.3) is 5.91 Å². The van der Waals surface area contributed by atoms with Crippen LogP contribution in [0.4, 0.5) is 0 Å². The highest BCUT2D eigenvalue weighted by Crippen LogP contribution is 2.67. The number of amides is 1. The summed E-state index contributed by atoms with van der Waals surface area (Å²) in [5, 5.41) is 4.09. The third-order valence-corrected chi connectivity index (χ3v) is 5.63. The lowest BCUT2D eigenvalue weighted by Crippen LogP contribution is -2.27. The van der Waals surface area contributed by atoms with E-state index in [0.717, 1.165) is 23.0 Å². The van der Waals surface area contributed by atoms with Gasteiger partial charge in [-0.05, 0) is 34.9 Å². The number of carbonyl (C=O) groups excluding carboxylic acids is 1. The van der Waals surface area contributed by atoms with Crippen molar-refractivity contribution < 1.29 is 4.79 Å². The molecule has 0 saturated heterocycles. The molecule has 20 heavy (non-hydrogen) atoms. The summed E-state index contributed by atoms with van der Waals surface area (Å²) < 4.78 is 0. The Morgan fingerprint density at radius 1 is 1.20 bits per heavy atom. The van der Waals surface area contributed by atoms with Gasteiger partial charge in [0.1, 0.15) is 0 Å². The molecule has 0 aliphatic heterocycles. The topological polar surface area (TPSA) is 44.9 Å². The molecule has 0 unspecified atom stereocenters. The van der Waals surface area contributed by atoms with E-state index < -0.39 is 0 Å². The Kier molecular flexibility index (Phi) is 2.72. The van der Waals surface area contributed by atoms with E-state index in [1.54, 1.807) is 0 Å². The molecule has 1 amide bonds. The molecule has 0 spiro atoms. The van der Waals surface area contributed by atoms with E-state index in [4.69, 9.17) is 0 Å². The van der Waals surface area contributed by atoms with Crippen molar-refractivity contribution in [3.8, 4) is 0 Å². The van der Waals surface area contributed by atoms with Crippen LogP contribution in [0, 0.1) is 16.7 Å². The number of H-pyrrole nitrogens is 1. The molecular formula is C17H22N2O. The van der Waals surface area contributed by atoms with E-state index in [9.17, 15) is 4.79 Å². The van der Waals surface area contributed by atoms with E-state index >= 15 is 0 Å². The molecule has 3 rings (SSSR count). The van der Waals surface area contributed by atoms with Gasteiger partial charge in [0.05, 0.1) is 0 Å². The van der Waals surface area contributed by atoms with E-state index in [-0.39, 0.29) is 5.91 Å². The lowest BCUT2D eigenvalue weighted by Gasteiger charge is -2.07. The molecule has 0 bridgehead atoms. The van der Waals surface area contributed by atoms with Crippen LogP contribution in [0.5, 0.6) is 0 Å². The van der Waals surface area contributed by atoms with E-state index in [2.05, 4.69) is 38.0 Å².